The van der Waals surface area contributed by atoms with Gasteiger partial charge in [-0.25, -0.2) is 4.98 Å². The number of fused-ring (bicyclic) bond motifs is 12. The summed E-state index contributed by atoms with van der Waals surface area (Å²) in [6.07, 6.45) is 9.11. The largest absolute Gasteiger partial charge is 0.458 e. The van der Waals surface area contributed by atoms with Crippen molar-refractivity contribution in [1.29, 1.82) is 0 Å². The van der Waals surface area contributed by atoms with Crippen LogP contribution in [0.4, 0.5) is 0 Å². The zero-order chi connectivity index (χ0) is 35.2. The number of rotatable bonds is 5. The van der Waals surface area contributed by atoms with E-state index in [0.29, 0.717) is 0 Å². The minimum atomic E-state index is 0.741. The number of pyridine rings is 1. The smallest absolute Gasteiger partial charge is 0.243 e. The minimum Gasteiger partial charge on any atom is -0.458 e. The number of benzene rings is 6. The van der Waals surface area contributed by atoms with E-state index in [1.165, 1.54) is 43.5 Å². The highest BCUT2D eigenvalue weighted by Gasteiger charge is 2.28. The van der Waals surface area contributed by atoms with Crippen LogP contribution < -0.4 is 9.30 Å². The molecule has 7 heteroatoms. The fourth-order valence-corrected chi connectivity index (χ4v) is 8.40. The van der Waals surface area contributed by atoms with Crippen LogP contribution in [-0.2, 0) is 14.1 Å². The monoisotopic (exact) mass is 684 g/mol. The quantitative estimate of drug-likeness (QED) is 0.134. The molecule has 0 aliphatic heterocycles. The molecule has 0 spiro atoms. The van der Waals surface area contributed by atoms with Gasteiger partial charge in [-0.2, -0.15) is 0 Å². The molecule has 6 aromatic carbocycles. The highest BCUT2D eigenvalue weighted by Crippen LogP contribution is 2.49. The van der Waals surface area contributed by atoms with Crippen molar-refractivity contribution >= 4 is 65.4 Å². The van der Waals surface area contributed by atoms with Gasteiger partial charge in [0.1, 0.15) is 17.3 Å². The summed E-state index contributed by atoms with van der Waals surface area (Å²) in [6.45, 7) is 0. The highest BCUT2D eigenvalue weighted by atomic mass is 16.5. The molecule has 252 valence electrons. The van der Waals surface area contributed by atoms with Gasteiger partial charge in [-0.1, -0.05) is 72.8 Å². The van der Waals surface area contributed by atoms with Crippen LogP contribution in [0.1, 0.15) is 0 Å². The van der Waals surface area contributed by atoms with Crippen molar-refractivity contribution < 1.29 is 9.30 Å². The van der Waals surface area contributed by atoms with Crippen molar-refractivity contribution in [3.8, 4) is 28.7 Å². The molecule has 0 unspecified atom stereocenters. The maximum atomic E-state index is 6.65. The molecule has 0 bridgehead atoms. The highest BCUT2D eigenvalue weighted by molar-refractivity contribution is 6.40. The summed E-state index contributed by atoms with van der Waals surface area (Å²) in [5, 5.41) is 7.23. The van der Waals surface area contributed by atoms with Crippen LogP contribution in [0.5, 0.6) is 11.5 Å². The van der Waals surface area contributed by atoms with Gasteiger partial charge in [-0.3, -0.25) is 4.57 Å². The second-order valence-electron chi connectivity index (χ2n) is 13.6. The number of ether oxygens (including phenoxy) is 1. The van der Waals surface area contributed by atoms with Crippen LogP contribution in [0.25, 0.3) is 82.6 Å². The summed E-state index contributed by atoms with van der Waals surface area (Å²) >= 11 is 0. The molecule has 7 nitrogen and oxygen atoms in total. The van der Waals surface area contributed by atoms with Crippen molar-refractivity contribution in [2.45, 2.75) is 0 Å². The normalized spacial score (nSPS) is 12.0. The lowest BCUT2D eigenvalue weighted by Gasteiger charge is -2.12. The summed E-state index contributed by atoms with van der Waals surface area (Å²) in [5.74, 6) is 2.33. The molecule has 0 saturated heterocycles. The van der Waals surface area contributed by atoms with Crippen molar-refractivity contribution in [3.05, 3.63) is 164 Å². The summed E-state index contributed by atoms with van der Waals surface area (Å²) in [6, 6.07) is 49.0. The molecule has 5 heterocycles. The first kappa shape index (κ1) is 29.6. The Morgan fingerprint density at radius 1 is 0.566 bits per heavy atom. The third kappa shape index (κ3) is 4.28. The van der Waals surface area contributed by atoms with Crippen molar-refractivity contribution in [2.24, 2.45) is 14.1 Å². The van der Waals surface area contributed by atoms with Gasteiger partial charge >= 0.3 is 0 Å². The average molecular weight is 685 g/mol. The minimum absolute atomic E-state index is 0.741. The SMILES string of the molecule is Cn1[c-][n+](-c2cccc(Oc3ccc4c5c6c(c7ccccc7n6-c6ccccc6)c6c7ccccc7n(C)c6c5n(-c5ccccn5)c4c3)c2)cc1. The Morgan fingerprint density at radius 3 is 2.08 bits per heavy atom. The van der Waals surface area contributed by atoms with Gasteiger partial charge in [-0.15, -0.1) is 0 Å². The van der Waals surface area contributed by atoms with Gasteiger partial charge in [0.05, 0.1) is 40.3 Å². The van der Waals surface area contributed by atoms with Crippen LogP contribution >= 0.6 is 0 Å². The second-order valence-corrected chi connectivity index (χ2v) is 13.6. The Hall–Kier alpha value is -7.12. The van der Waals surface area contributed by atoms with Gasteiger partial charge in [0.2, 0.25) is 6.33 Å². The molecule has 11 rings (SSSR count). The predicted octanol–water partition coefficient (Wildman–Crippen LogP) is 10.1. The number of imidazole rings is 1. The Morgan fingerprint density at radius 2 is 1.28 bits per heavy atom. The summed E-state index contributed by atoms with van der Waals surface area (Å²) in [7, 11) is 4.15. The lowest BCUT2D eigenvalue weighted by Crippen LogP contribution is -2.27. The molecule has 0 atom stereocenters. The number of nitrogens with zero attached hydrogens (tertiary/aromatic N) is 6. The van der Waals surface area contributed by atoms with E-state index in [4.69, 9.17) is 9.72 Å². The van der Waals surface area contributed by atoms with Crippen molar-refractivity contribution in [2.75, 3.05) is 0 Å². The Balaban J connectivity index is 1.31. The second kappa shape index (κ2) is 11.2. The maximum Gasteiger partial charge on any atom is 0.243 e. The van der Waals surface area contributed by atoms with Gasteiger partial charge in [-0.05, 0) is 60.7 Å². The van der Waals surface area contributed by atoms with E-state index < -0.39 is 0 Å². The summed E-state index contributed by atoms with van der Waals surface area (Å²) < 4.78 is 17.7. The number of aryl methyl sites for hydroxylation is 2. The predicted molar refractivity (Wildman–Crippen MR) is 213 cm³/mol. The molecule has 0 saturated carbocycles. The van der Waals surface area contributed by atoms with Crippen molar-refractivity contribution in [3.63, 3.8) is 0 Å². The zero-order valence-electron chi connectivity index (χ0n) is 29.1. The van der Waals surface area contributed by atoms with Crippen LogP contribution in [0.15, 0.2) is 158 Å². The van der Waals surface area contributed by atoms with Crippen molar-refractivity contribution in [1.82, 2.24) is 23.3 Å². The van der Waals surface area contributed by atoms with Gasteiger partial charge in [0.15, 0.2) is 0 Å². The molecular formula is C46H32N6O. The Bertz CT molecular complexity index is 3220. The molecule has 0 N–H and O–H groups in total. The van der Waals surface area contributed by atoms with Crippen LogP contribution in [0.3, 0.4) is 0 Å². The molecule has 5 aromatic heterocycles. The van der Waals surface area contributed by atoms with Gasteiger partial charge < -0.3 is 23.0 Å². The summed E-state index contributed by atoms with van der Waals surface area (Å²) in [5.41, 5.74) is 8.90. The molecule has 0 aliphatic rings. The molecular weight excluding hydrogens is 653 g/mol. The van der Waals surface area contributed by atoms with Gasteiger partial charge in [0.25, 0.3) is 0 Å². The first-order valence-electron chi connectivity index (χ1n) is 17.8. The Labute approximate surface area is 304 Å². The number of hydrogen-bond acceptors (Lipinski definition) is 2. The fourth-order valence-electron chi connectivity index (χ4n) is 8.40. The first-order valence-corrected chi connectivity index (χ1v) is 17.8. The van der Waals surface area contributed by atoms with Crippen LogP contribution in [0, 0.1) is 6.33 Å². The topological polar surface area (TPSA) is 45.7 Å². The molecule has 0 aliphatic carbocycles. The van der Waals surface area contributed by atoms with E-state index in [-0.39, 0.29) is 0 Å². The molecule has 53 heavy (non-hydrogen) atoms. The van der Waals surface area contributed by atoms with Crippen LogP contribution in [-0.4, -0.2) is 23.3 Å². The molecule has 0 fully saturated rings. The third-order valence-corrected chi connectivity index (χ3v) is 10.6. The Kier molecular flexibility index (Phi) is 6.25. The molecule has 11 aromatic rings. The van der Waals surface area contributed by atoms with E-state index in [1.54, 1.807) is 0 Å². The lowest BCUT2D eigenvalue weighted by atomic mass is 10.0. The molecule has 0 radical (unpaired) electrons. The standard InChI is InChI=1S/C46H32N6O/c1-48-25-26-50(29-48)31-15-12-16-32(27-31)53-33-22-23-36-39(28-33)52(40-21-10-11-24-47-40)46-43(36)44-41(42-34-17-6-8-19-37(34)49(2)45(42)46)35-18-7-9-20-38(35)51(44)30-13-4-3-5-14-30/h3-28H,1-2H3. The molecule has 0 amide bonds. The van der Waals surface area contributed by atoms with E-state index in [1.807, 2.05) is 59.0 Å². The summed E-state index contributed by atoms with van der Waals surface area (Å²) in [4.78, 5) is 4.97. The van der Waals surface area contributed by atoms with E-state index in [2.05, 4.69) is 142 Å². The van der Waals surface area contributed by atoms with E-state index in [9.17, 15) is 0 Å². The third-order valence-electron chi connectivity index (χ3n) is 10.6. The number of hydrogen-bond donors (Lipinski definition) is 0. The van der Waals surface area contributed by atoms with Gasteiger partial charge in [0, 0.05) is 75.2 Å². The van der Waals surface area contributed by atoms with E-state index in [0.717, 1.165) is 50.6 Å². The van der Waals surface area contributed by atoms with E-state index >= 15 is 0 Å². The fraction of sp³-hybridized carbons (Fsp3) is 0.0435. The number of aromatic nitrogens is 6. The zero-order valence-corrected chi connectivity index (χ0v) is 29.1. The maximum absolute atomic E-state index is 6.65. The first-order chi connectivity index (χ1) is 26.1. The lowest BCUT2D eigenvalue weighted by molar-refractivity contribution is -0.599. The average Bonchev–Trinajstić information content (AvgIpc) is 3.95. The number of para-hydroxylation sites is 3. The van der Waals surface area contributed by atoms with Crippen LogP contribution in [0.2, 0.25) is 0 Å².